The number of aldehydes is 1. The van der Waals surface area contributed by atoms with Crippen LogP contribution in [0.4, 0.5) is 0 Å². The molecule has 1 rings (SSSR count). The van der Waals surface area contributed by atoms with Gasteiger partial charge >= 0.3 is 0 Å². The Morgan fingerprint density at radius 1 is 1.58 bits per heavy atom. The monoisotopic (exact) mass is 184 g/mol. The van der Waals surface area contributed by atoms with Crippen molar-refractivity contribution in [2.24, 2.45) is 0 Å². The standard InChI is InChI=1S/C9H9ClO2/c1-12-9-4-7(6-11)2-3-8(9)5-10/h2-4,6H,5H2,1H3. The number of alkyl halides is 1. The molecule has 0 radical (unpaired) electrons. The van der Waals surface area contributed by atoms with Gasteiger partial charge < -0.3 is 4.74 Å². The van der Waals surface area contributed by atoms with Crippen LogP contribution in [0.3, 0.4) is 0 Å². The fourth-order valence-corrected chi connectivity index (χ4v) is 1.17. The average Bonchev–Trinajstić information content (AvgIpc) is 2.16. The maximum Gasteiger partial charge on any atom is 0.150 e. The zero-order valence-corrected chi connectivity index (χ0v) is 7.47. The molecule has 0 amide bonds. The second kappa shape index (κ2) is 4.12. The van der Waals surface area contributed by atoms with E-state index in [0.717, 1.165) is 11.8 Å². The lowest BCUT2D eigenvalue weighted by Gasteiger charge is -2.05. The van der Waals surface area contributed by atoms with Gasteiger partial charge in [-0.1, -0.05) is 12.1 Å². The Labute approximate surface area is 76.1 Å². The fraction of sp³-hybridized carbons (Fsp3) is 0.222. The number of carbonyl (C=O) groups is 1. The van der Waals surface area contributed by atoms with E-state index in [1.165, 1.54) is 0 Å². The summed E-state index contributed by atoms with van der Waals surface area (Å²) in [5.41, 5.74) is 1.49. The topological polar surface area (TPSA) is 26.3 Å². The highest BCUT2D eigenvalue weighted by molar-refractivity contribution is 6.17. The molecule has 64 valence electrons. The predicted octanol–water partition coefficient (Wildman–Crippen LogP) is 2.25. The lowest BCUT2D eigenvalue weighted by atomic mass is 10.1. The van der Waals surface area contributed by atoms with Gasteiger partial charge in [0.2, 0.25) is 0 Å². The van der Waals surface area contributed by atoms with E-state index < -0.39 is 0 Å². The van der Waals surface area contributed by atoms with Crippen molar-refractivity contribution in [3.8, 4) is 5.75 Å². The molecule has 12 heavy (non-hydrogen) atoms. The zero-order chi connectivity index (χ0) is 8.97. The summed E-state index contributed by atoms with van der Waals surface area (Å²) in [4.78, 5) is 10.4. The number of hydrogen-bond acceptors (Lipinski definition) is 2. The normalized spacial score (nSPS) is 9.50. The molecule has 0 heterocycles. The second-order valence-electron chi connectivity index (χ2n) is 2.32. The van der Waals surface area contributed by atoms with Gasteiger partial charge in [-0.15, -0.1) is 11.6 Å². The van der Waals surface area contributed by atoms with Crippen LogP contribution >= 0.6 is 11.6 Å². The molecule has 0 saturated heterocycles. The summed E-state index contributed by atoms with van der Waals surface area (Å²) in [6, 6.07) is 5.17. The molecular weight excluding hydrogens is 176 g/mol. The molecule has 0 aromatic heterocycles. The van der Waals surface area contributed by atoms with Crippen LogP contribution in [0.2, 0.25) is 0 Å². The largest absolute Gasteiger partial charge is 0.496 e. The molecule has 0 aliphatic carbocycles. The van der Waals surface area contributed by atoms with E-state index in [9.17, 15) is 4.79 Å². The molecule has 0 aliphatic heterocycles. The molecule has 0 spiro atoms. The van der Waals surface area contributed by atoms with Crippen LogP contribution in [0.1, 0.15) is 15.9 Å². The molecule has 0 saturated carbocycles. The van der Waals surface area contributed by atoms with E-state index in [1.807, 2.05) is 0 Å². The van der Waals surface area contributed by atoms with Crippen molar-refractivity contribution < 1.29 is 9.53 Å². The van der Waals surface area contributed by atoms with Crippen molar-refractivity contribution in [1.29, 1.82) is 0 Å². The van der Waals surface area contributed by atoms with E-state index in [-0.39, 0.29) is 0 Å². The van der Waals surface area contributed by atoms with Gasteiger partial charge in [0.05, 0.1) is 13.0 Å². The van der Waals surface area contributed by atoms with Crippen LogP contribution in [0, 0.1) is 0 Å². The molecule has 0 fully saturated rings. The third-order valence-electron chi connectivity index (χ3n) is 1.59. The predicted molar refractivity (Wildman–Crippen MR) is 47.9 cm³/mol. The van der Waals surface area contributed by atoms with E-state index in [0.29, 0.717) is 17.2 Å². The first kappa shape index (κ1) is 9.07. The van der Waals surface area contributed by atoms with Gasteiger partial charge in [0.15, 0.2) is 0 Å². The fourth-order valence-electron chi connectivity index (χ4n) is 0.945. The molecular formula is C9H9ClO2. The van der Waals surface area contributed by atoms with Gasteiger partial charge in [-0.25, -0.2) is 0 Å². The molecule has 0 unspecified atom stereocenters. The molecule has 3 heteroatoms. The lowest BCUT2D eigenvalue weighted by molar-refractivity contribution is 0.112. The van der Waals surface area contributed by atoms with Crippen LogP contribution in [-0.4, -0.2) is 13.4 Å². The van der Waals surface area contributed by atoms with Gasteiger partial charge in [0.25, 0.3) is 0 Å². The van der Waals surface area contributed by atoms with Crippen LogP contribution in [-0.2, 0) is 5.88 Å². The van der Waals surface area contributed by atoms with Crippen molar-refractivity contribution in [3.63, 3.8) is 0 Å². The SMILES string of the molecule is COc1cc(C=O)ccc1CCl. The highest BCUT2D eigenvalue weighted by atomic mass is 35.5. The maximum absolute atomic E-state index is 10.4. The number of methoxy groups -OCH3 is 1. The highest BCUT2D eigenvalue weighted by Crippen LogP contribution is 2.20. The Bertz CT molecular complexity index is 284. The zero-order valence-electron chi connectivity index (χ0n) is 6.71. The number of carbonyl (C=O) groups excluding carboxylic acids is 1. The van der Waals surface area contributed by atoms with Crippen molar-refractivity contribution in [3.05, 3.63) is 29.3 Å². The first-order valence-corrected chi connectivity index (χ1v) is 4.03. The average molecular weight is 185 g/mol. The van der Waals surface area contributed by atoms with Crippen molar-refractivity contribution in [2.75, 3.05) is 7.11 Å². The summed E-state index contributed by atoms with van der Waals surface area (Å²) >= 11 is 5.64. The minimum atomic E-state index is 0.391. The molecule has 1 aromatic rings. The molecule has 0 N–H and O–H groups in total. The molecule has 0 aliphatic rings. The summed E-state index contributed by atoms with van der Waals surface area (Å²) in [6.45, 7) is 0. The number of hydrogen-bond donors (Lipinski definition) is 0. The minimum absolute atomic E-state index is 0.391. The number of rotatable bonds is 3. The summed E-state index contributed by atoms with van der Waals surface area (Å²) in [6.07, 6.45) is 0.778. The van der Waals surface area contributed by atoms with Gasteiger partial charge in [-0.05, 0) is 6.07 Å². The molecule has 0 bridgehead atoms. The van der Waals surface area contributed by atoms with Crippen LogP contribution in [0.5, 0.6) is 5.75 Å². The number of halogens is 1. The third-order valence-corrected chi connectivity index (χ3v) is 1.88. The van der Waals surface area contributed by atoms with Gasteiger partial charge in [0, 0.05) is 11.1 Å². The van der Waals surface area contributed by atoms with Crippen LogP contribution in [0.15, 0.2) is 18.2 Å². The lowest BCUT2D eigenvalue weighted by Crippen LogP contribution is -1.91. The van der Waals surface area contributed by atoms with E-state index in [2.05, 4.69) is 0 Å². The van der Waals surface area contributed by atoms with Gasteiger partial charge in [-0.2, -0.15) is 0 Å². The van der Waals surface area contributed by atoms with E-state index >= 15 is 0 Å². The van der Waals surface area contributed by atoms with Crippen LogP contribution in [0.25, 0.3) is 0 Å². The van der Waals surface area contributed by atoms with Gasteiger partial charge in [0.1, 0.15) is 12.0 Å². The Hall–Kier alpha value is -1.02. The maximum atomic E-state index is 10.4. The Balaban J connectivity index is 3.10. The summed E-state index contributed by atoms with van der Waals surface area (Å²) in [5.74, 6) is 1.05. The van der Waals surface area contributed by atoms with Crippen molar-refractivity contribution in [2.45, 2.75) is 5.88 Å². The summed E-state index contributed by atoms with van der Waals surface area (Å²) < 4.78 is 5.04. The van der Waals surface area contributed by atoms with E-state index in [4.69, 9.17) is 16.3 Å². The van der Waals surface area contributed by atoms with Crippen molar-refractivity contribution in [1.82, 2.24) is 0 Å². The Morgan fingerprint density at radius 2 is 2.33 bits per heavy atom. The summed E-state index contributed by atoms with van der Waals surface area (Å²) in [5, 5.41) is 0. The second-order valence-corrected chi connectivity index (χ2v) is 2.59. The highest BCUT2D eigenvalue weighted by Gasteiger charge is 2.01. The number of benzene rings is 1. The molecule has 0 atom stereocenters. The first-order valence-electron chi connectivity index (χ1n) is 3.50. The van der Waals surface area contributed by atoms with Crippen molar-refractivity contribution >= 4 is 17.9 Å². The quantitative estimate of drug-likeness (QED) is 0.532. The Morgan fingerprint density at radius 3 is 2.83 bits per heavy atom. The minimum Gasteiger partial charge on any atom is -0.496 e. The summed E-state index contributed by atoms with van der Waals surface area (Å²) in [7, 11) is 1.56. The number of ether oxygens (including phenoxy) is 1. The van der Waals surface area contributed by atoms with E-state index in [1.54, 1.807) is 25.3 Å². The van der Waals surface area contributed by atoms with Crippen LogP contribution < -0.4 is 4.74 Å². The first-order chi connectivity index (χ1) is 5.81. The smallest absolute Gasteiger partial charge is 0.150 e. The van der Waals surface area contributed by atoms with Gasteiger partial charge in [-0.3, -0.25) is 4.79 Å². The molecule has 2 nitrogen and oxygen atoms in total. The third kappa shape index (κ3) is 1.77. The Kier molecular flexibility index (Phi) is 3.11. The molecule has 1 aromatic carbocycles.